The summed E-state index contributed by atoms with van der Waals surface area (Å²) in [5, 5.41) is 16.7. The van der Waals surface area contributed by atoms with E-state index in [1.807, 2.05) is 24.3 Å². The Morgan fingerprint density at radius 1 is 1.21 bits per heavy atom. The average Bonchev–Trinajstić information content (AvgIpc) is 3.00. The molecule has 0 aliphatic carbocycles. The summed E-state index contributed by atoms with van der Waals surface area (Å²) >= 11 is 0. The summed E-state index contributed by atoms with van der Waals surface area (Å²) in [6.07, 6.45) is 2.19. The molecule has 0 unspecified atom stereocenters. The van der Waals surface area contributed by atoms with Crippen LogP contribution in [0.3, 0.4) is 0 Å². The minimum absolute atomic E-state index is 0. The van der Waals surface area contributed by atoms with E-state index in [1.54, 1.807) is 0 Å². The maximum absolute atomic E-state index is 12.2. The largest absolute Gasteiger partial charge is 0.353 e. The van der Waals surface area contributed by atoms with Crippen LogP contribution in [0.5, 0.6) is 0 Å². The number of nitrogens with zero attached hydrogens (tertiary/aromatic N) is 1. The van der Waals surface area contributed by atoms with E-state index in [0.717, 1.165) is 36.8 Å². The van der Waals surface area contributed by atoms with E-state index < -0.39 is 0 Å². The molecule has 2 aromatic rings. The Kier molecular flexibility index (Phi) is 6.57. The third kappa shape index (κ3) is 4.46. The maximum Gasteiger partial charge on any atom is 0.272 e. The molecule has 1 aromatic heterocycles. The molecular weight excluding hydrogens is 330 g/mol. The van der Waals surface area contributed by atoms with Gasteiger partial charge in [0.15, 0.2) is 5.69 Å². The number of carbonyl (C=O) groups is 2. The van der Waals surface area contributed by atoms with Crippen molar-refractivity contribution in [2.24, 2.45) is 0 Å². The van der Waals surface area contributed by atoms with Crippen LogP contribution in [0.15, 0.2) is 24.3 Å². The fourth-order valence-electron chi connectivity index (χ4n) is 2.78. The second-order valence-electron chi connectivity index (χ2n) is 5.72. The van der Waals surface area contributed by atoms with Gasteiger partial charge >= 0.3 is 0 Å². The van der Waals surface area contributed by atoms with Crippen LogP contribution in [-0.4, -0.2) is 47.7 Å². The number of benzene rings is 1. The first-order valence-corrected chi connectivity index (χ1v) is 7.95. The lowest BCUT2D eigenvalue weighted by Gasteiger charge is -2.23. The van der Waals surface area contributed by atoms with Crippen LogP contribution in [0.2, 0.25) is 0 Å². The van der Waals surface area contributed by atoms with Gasteiger partial charge in [-0.05, 0) is 32.0 Å². The van der Waals surface area contributed by atoms with Gasteiger partial charge in [0.1, 0.15) is 0 Å². The average molecular weight is 352 g/mol. The van der Waals surface area contributed by atoms with Crippen LogP contribution in [-0.2, 0) is 4.79 Å². The molecule has 3 rings (SSSR count). The van der Waals surface area contributed by atoms with Crippen LogP contribution < -0.4 is 16.0 Å². The standard InChI is InChI=1S/C16H21N5O2.ClH/c22-14(19-11-5-8-17-9-6-11)7-10-18-16(23)15-12-3-1-2-4-13(12)20-21-15;/h1-4,11,17H,5-10H2,(H,18,23)(H,19,22)(H,20,21);1H. The van der Waals surface area contributed by atoms with Crippen molar-refractivity contribution in [3.05, 3.63) is 30.0 Å². The number of carbonyl (C=O) groups excluding carboxylic acids is 2. The number of para-hydroxylation sites is 1. The second kappa shape index (κ2) is 8.65. The van der Waals surface area contributed by atoms with E-state index in [-0.39, 0.29) is 36.7 Å². The predicted octanol–water partition coefficient (Wildman–Crippen LogP) is 0.973. The first kappa shape index (κ1) is 18.2. The molecule has 0 spiro atoms. The quantitative estimate of drug-likeness (QED) is 0.645. The molecule has 1 aliphatic heterocycles. The van der Waals surface area contributed by atoms with E-state index in [2.05, 4.69) is 26.1 Å². The van der Waals surface area contributed by atoms with E-state index in [1.165, 1.54) is 0 Å². The van der Waals surface area contributed by atoms with Crippen LogP contribution in [0.4, 0.5) is 0 Å². The third-order valence-corrected chi connectivity index (χ3v) is 4.03. The number of halogens is 1. The van der Waals surface area contributed by atoms with Crippen LogP contribution >= 0.6 is 12.4 Å². The number of aromatic nitrogens is 2. The predicted molar refractivity (Wildman–Crippen MR) is 94.3 cm³/mol. The van der Waals surface area contributed by atoms with Gasteiger partial charge in [-0.3, -0.25) is 14.7 Å². The molecule has 0 saturated carbocycles. The molecule has 0 radical (unpaired) electrons. The van der Waals surface area contributed by atoms with Crippen molar-refractivity contribution in [2.45, 2.75) is 25.3 Å². The Bertz CT molecular complexity index is 697. The van der Waals surface area contributed by atoms with Crippen molar-refractivity contribution in [1.29, 1.82) is 0 Å². The van der Waals surface area contributed by atoms with Gasteiger partial charge in [0.25, 0.3) is 5.91 Å². The van der Waals surface area contributed by atoms with Gasteiger partial charge in [-0.2, -0.15) is 5.10 Å². The fraction of sp³-hybridized carbons (Fsp3) is 0.438. The lowest BCUT2D eigenvalue weighted by atomic mass is 10.1. The zero-order valence-electron chi connectivity index (χ0n) is 13.3. The highest BCUT2D eigenvalue weighted by molar-refractivity contribution is 6.04. The van der Waals surface area contributed by atoms with Gasteiger partial charge in [0.05, 0.1) is 5.52 Å². The minimum atomic E-state index is -0.267. The van der Waals surface area contributed by atoms with E-state index in [9.17, 15) is 9.59 Å². The lowest BCUT2D eigenvalue weighted by Crippen LogP contribution is -2.43. The normalized spacial score (nSPS) is 14.8. The summed E-state index contributed by atoms with van der Waals surface area (Å²) < 4.78 is 0. The van der Waals surface area contributed by atoms with Gasteiger partial charge in [-0.25, -0.2) is 0 Å². The molecule has 0 bridgehead atoms. The Labute approximate surface area is 146 Å². The summed E-state index contributed by atoms with van der Waals surface area (Å²) in [6, 6.07) is 7.70. The second-order valence-corrected chi connectivity index (χ2v) is 5.72. The molecule has 1 aliphatic rings. The van der Waals surface area contributed by atoms with Crippen LogP contribution in [0, 0.1) is 0 Å². The van der Waals surface area contributed by atoms with Crippen LogP contribution in [0.25, 0.3) is 10.9 Å². The number of nitrogens with one attached hydrogen (secondary N) is 4. The molecule has 7 nitrogen and oxygen atoms in total. The monoisotopic (exact) mass is 351 g/mol. The van der Waals surface area contributed by atoms with Crippen molar-refractivity contribution in [3.63, 3.8) is 0 Å². The molecule has 2 amide bonds. The SMILES string of the molecule is Cl.O=C(CCNC(=O)c1n[nH]c2ccccc12)NC1CCNCC1. The molecule has 1 aromatic carbocycles. The number of H-pyrrole nitrogens is 1. The van der Waals surface area contributed by atoms with Gasteiger partial charge in [-0.1, -0.05) is 18.2 Å². The molecular formula is C16H22ClN5O2. The smallest absolute Gasteiger partial charge is 0.272 e. The number of rotatable bonds is 5. The maximum atomic E-state index is 12.2. The third-order valence-electron chi connectivity index (χ3n) is 4.03. The summed E-state index contributed by atoms with van der Waals surface area (Å²) in [5.41, 5.74) is 1.18. The zero-order chi connectivity index (χ0) is 16.1. The van der Waals surface area contributed by atoms with E-state index >= 15 is 0 Å². The lowest BCUT2D eigenvalue weighted by molar-refractivity contribution is -0.121. The van der Waals surface area contributed by atoms with Crippen molar-refractivity contribution in [3.8, 4) is 0 Å². The molecule has 1 fully saturated rings. The Balaban J connectivity index is 0.00000208. The first-order chi connectivity index (χ1) is 11.2. The molecule has 4 N–H and O–H groups in total. The molecule has 24 heavy (non-hydrogen) atoms. The van der Waals surface area contributed by atoms with Gasteiger partial charge in [0.2, 0.25) is 5.91 Å². The van der Waals surface area contributed by atoms with Crippen LogP contribution in [0.1, 0.15) is 29.8 Å². The summed E-state index contributed by atoms with van der Waals surface area (Å²) in [7, 11) is 0. The topological polar surface area (TPSA) is 98.9 Å². The summed E-state index contributed by atoms with van der Waals surface area (Å²) in [6.45, 7) is 2.18. The van der Waals surface area contributed by atoms with E-state index in [4.69, 9.17) is 0 Å². The first-order valence-electron chi connectivity index (χ1n) is 7.95. The number of aromatic amines is 1. The number of fused-ring (bicyclic) bond motifs is 1. The molecule has 130 valence electrons. The van der Waals surface area contributed by atoms with Crippen molar-refractivity contribution in [2.75, 3.05) is 19.6 Å². The highest BCUT2D eigenvalue weighted by Gasteiger charge is 2.16. The molecule has 8 heteroatoms. The molecule has 0 atom stereocenters. The number of piperidine rings is 1. The highest BCUT2D eigenvalue weighted by atomic mass is 35.5. The zero-order valence-corrected chi connectivity index (χ0v) is 14.1. The summed E-state index contributed by atoms with van der Waals surface area (Å²) in [4.78, 5) is 24.0. The van der Waals surface area contributed by atoms with Gasteiger partial charge in [-0.15, -0.1) is 12.4 Å². The fourth-order valence-corrected chi connectivity index (χ4v) is 2.78. The molecule has 1 saturated heterocycles. The van der Waals surface area contributed by atoms with Crippen molar-refractivity contribution in [1.82, 2.24) is 26.1 Å². The van der Waals surface area contributed by atoms with Gasteiger partial charge < -0.3 is 16.0 Å². The Morgan fingerprint density at radius 3 is 2.75 bits per heavy atom. The number of amides is 2. The Hall–Kier alpha value is -2.12. The van der Waals surface area contributed by atoms with Crippen molar-refractivity contribution < 1.29 is 9.59 Å². The number of hydrogen-bond donors (Lipinski definition) is 4. The highest BCUT2D eigenvalue weighted by Crippen LogP contribution is 2.14. The van der Waals surface area contributed by atoms with Crippen molar-refractivity contribution >= 4 is 35.1 Å². The summed E-state index contributed by atoms with van der Waals surface area (Å²) in [5.74, 6) is -0.291. The molecule has 2 heterocycles. The number of hydrogen-bond acceptors (Lipinski definition) is 4. The Morgan fingerprint density at radius 2 is 1.96 bits per heavy atom. The van der Waals surface area contributed by atoms with Gasteiger partial charge in [0, 0.05) is 24.4 Å². The van der Waals surface area contributed by atoms with E-state index in [0.29, 0.717) is 12.2 Å². The minimum Gasteiger partial charge on any atom is -0.353 e.